The van der Waals surface area contributed by atoms with Gasteiger partial charge in [0, 0.05) is 31.1 Å². The summed E-state index contributed by atoms with van der Waals surface area (Å²) in [5.41, 5.74) is 1.78. The van der Waals surface area contributed by atoms with Crippen LogP contribution in [-0.2, 0) is 16.1 Å². The average molecular weight is 253 g/mol. The smallest absolute Gasteiger partial charge is 0.221 e. The van der Waals surface area contributed by atoms with Crippen LogP contribution >= 0.6 is 0 Å². The summed E-state index contributed by atoms with van der Waals surface area (Å²) in [5.74, 6) is 0.768. The van der Waals surface area contributed by atoms with Crippen LogP contribution < -0.4 is 10.6 Å². The van der Waals surface area contributed by atoms with Gasteiger partial charge in [0.25, 0.3) is 0 Å². The van der Waals surface area contributed by atoms with Crippen LogP contribution in [0.25, 0.3) is 0 Å². The van der Waals surface area contributed by atoms with Crippen molar-refractivity contribution in [3.63, 3.8) is 0 Å². The second kappa shape index (κ2) is 5.97. The normalized spacial score (nSPS) is 19.8. The van der Waals surface area contributed by atoms with Crippen molar-refractivity contribution < 1.29 is 14.1 Å². The van der Waals surface area contributed by atoms with Crippen LogP contribution in [0, 0.1) is 13.8 Å². The summed E-state index contributed by atoms with van der Waals surface area (Å²) >= 11 is 0. The molecular weight excluding hydrogens is 234 g/mol. The van der Waals surface area contributed by atoms with Crippen LogP contribution in [0.4, 0.5) is 0 Å². The van der Waals surface area contributed by atoms with E-state index in [1.54, 1.807) is 0 Å². The maximum atomic E-state index is 11.8. The van der Waals surface area contributed by atoms with E-state index >= 15 is 0 Å². The zero-order chi connectivity index (χ0) is 13.0. The molecule has 2 heterocycles. The fraction of sp³-hybridized carbons (Fsp3) is 0.667. The SMILES string of the molecule is Cc1noc(C)c1CNC(=O)CC1COCCN1. The molecule has 1 atom stereocenters. The minimum absolute atomic E-state index is 0.0120. The number of nitrogens with zero attached hydrogens (tertiary/aromatic N) is 1. The first-order chi connectivity index (χ1) is 8.66. The summed E-state index contributed by atoms with van der Waals surface area (Å²) in [7, 11) is 0. The Labute approximate surface area is 106 Å². The maximum Gasteiger partial charge on any atom is 0.221 e. The molecule has 2 N–H and O–H groups in total. The molecule has 1 fully saturated rings. The summed E-state index contributed by atoms with van der Waals surface area (Å²) in [6, 6.07) is 0.114. The predicted octanol–water partition coefficient (Wildman–Crippen LogP) is 0.286. The van der Waals surface area contributed by atoms with Crippen LogP contribution in [0.1, 0.15) is 23.4 Å². The molecule has 6 nitrogen and oxygen atoms in total. The van der Waals surface area contributed by atoms with Crippen LogP contribution in [0.2, 0.25) is 0 Å². The number of aromatic nitrogens is 1. The molecule has 1 aliphatic rings. The van der Waals surface area contributed by atoms with Crippen molar-refractivity contribution in [1.29, 1.82) is 0 Å². The Balaban J connectivity index is 1.77. The van der Waals surface area contributed by atoms with Crippen LogP contribution in [0.5, 0.6) is 0 Å². The first kappa shape index (κ1) is 13.0. The van der Waals surface area contributed by atoms with Crippen molar-refractivity contribution in [2.45, 2.75) is 32.9 Å². The summed E-state index contributed by atoms with van der Waals surface area (Å²) in [6.07, 6.45) is 0.434. The number of morpholine rings is 1. The highest BCUT2D eigenvalue weighted by atomic mass is 16.5. The van der Waals surface area contributed by atoms with E-state index in [0.717, 1.165) is 30.2 Å². The molecule has 0 bridgehead atoms. The number of hydrogen-bond donors (Lipinski definition) is 2. The van der Waals surface area contributed by atoms with Crippen molar-refractivity contribution >= 4 is 5.91 Å². The second-order valence-electron chi connectivity index (χ2n) is 4.51. The molecule has 1 amide bonds. The molecule has 1 aromatic rings. The van der Waals surface area contributed by atoms with E-state index in [9.17, 15) is 4.79 Å². The van der Waals surface area contributed by atoms with Crippen LogP contribution in [0.15, 0.2) is 4.52 Å². The van der Waals surface area contributed by atoms with Gasteiger partial charge in [-0.1, -0.05) is 5.16 Å². The van der Waals surface area contributed by atoms with Crippen molar-refractivity contribution in [3.8, 4) is 0 Å². The largest absolute Gasteiger partial charge is 0.378 e. The van der Waals surface area contributed by atoms with Gasteiger partial charge in [0.15, 0.2) is 0 Å². The lowest BCUT2D eigenvalue weighted by Crippen LogP contribution is -2.44. The highest BCUT2D eigenvalue weighted by Gasteiger charge is 2.17. The maximum absolute atomic E-state index is 11.8. The number of hydrogen-bond acceptors (Lipinski definition) is 5. The molecule has 1 aromatic heterocycles. The Bertz CT molecular complexity index is 391. The van der Waals surface area contributed by atoms with Gasteiger partial charge in [-0.2, -0.15) is 0 Å². The van der Waals surface area contributed by atoms with Crippen molar-refractivity contribution in [2.24, 2.45) is 0 Å². The van der Waals surface area contributed by atoms with E-state index in [2.05, 4.69) is 15.8 Å². The highest BCUT2D eigenvalue weighted by Crippen LogP contribution is 2.11. The van der Waals surface area contributed by atoms with Gasteiger partial charge in [0.2, 0.25) is 5.91 Å². The summed E-state index contributed by atoms with van der Waals surface area (Å²) in [4.78, 5) is 11.8. The number of rotatable bonds is 4. The van der Waals surface area contributed by atoms with Crippen molar-refractivity contribution in [1.82, 2.24) is 15.8 Å². The molecule has 1 aliphatic heterocycles. The predicted molar refractivity (Wildman–Crippen MR) is 65.1 cm³/mol. The van der Waals surface area contributed by atoms with Crippen molar-refractivity contribution in [3.05, 3.63) is 17.0 Å². The molecule has 0 aromatic carbocycles. The number of aryl methyl sites for hydroxylation is 2. The molecule has 1 saturated heterocycles. The Morgan fingerprint density at radius 1 is 1.56 bits per heavy atom. The van der Waals surface area contributed by atoms with E-state index < -0.39 is 0 Å². The molecule has 0 aliphatic carbocycles. The van der Waals surface area contributed by atoms with Gasteiger partial charge in [0.05, 0.1) is 18.9 Å². The lowest BCUT2D eigenvalue weighted by molar-refractivity contribution is -0.122. The monoisotopic (exact) mass is 253 g/mol. The molecular formula is C12H19N3O3. The van der Waals surface area contributed by atoms with E-state index in [4.69, 9.17) is 9.26 Å². The van der Waals surface area contributed by atoms with E-state index in [1.807, 2.05) is 13.8 Å². The van der Waals surface area contributed by atoms with E-state index in [-0.39, 0.29) is 11.9 Å². The van der Waals surface area contributed by atoms with Gasteiger partial charge in [0.1, 0.15) is 5.76 Å². The number of nitrogens with one attached hydrogen (secondary N) is 2. The van der Waals surface area contributed by atoms with Gasteiger partial charge >= 0.3 is 0 Å². The third-order valence-corrected chi connectivity index (χ3v) is 3.07. The molecule has 6 heteroatoms. The Morgan fingerprint density at radius 3 is 3.00 bits per heavy atom. The minimum atomic E-state index is 0.0120. The Hall–Kier alpha value is -1.40. The standard InChI is InChI=1S/C12H19N3O3/c1-8-11(9(2)18-15-8)6-14-12(16)5-10-7-17-4-3-13-10/h10,13H,3-7H2,1-2H3,(H,14,16). The number of carbonyl (C=O) groups is 1. The van der Waals surface area contributed by atoms with Gasteiger partial charge in [-0.15, -0.1) is 0 Å². The van der Waals surface area contributed by atoms with E-state index in [1.165, 1.54) is 0 Å². The van der Waals surface area contributed by atoms with Crippen LogP contribution in [0.3, 0.4) is 0 Å². The lowest BCUT2D eigenvalue weighted by Gasteiger charge is -2.23. The average Bonchev–Trinajstić information content (AvgIpc) is 2.68. The summed E-state index contributed by atoms with van der Waals surface area (Å²) < 4.78 is 10.3. The fourth-order valence-electron chi connectivity index (χ4n) is 1.99. The van der Waals surface area contributed by atoms with Gasteiger partial charge < -0.3 is 19.9 Å². The topological polar surface area (TPSA) is 76.4 Å². The minimum Gasteiger partial charge on any atom is -0.378 e. The van der Waals surface area contributed by atoms with Gasteiger partial charge in [-0.25, -0.2) is 0 Å². The molecule has 100 valence electrons. The Kier molecular flexibility index (Phi) is 4.33. The fourth-order valence-corrected chi connectivity index (χ4v) is 1.99. The quantitative estimate of drug-likeness (QED) is 0.806. The third kappa shape index (κ3) is 3.30. The first-order valence-electron chi connectivity index (χ1n) is 6.16. The summed E-state index contributed by atoms with van der Waals surface area (Å²) in [5, 5.41) is 9.98. The number of ether oxygens (including phenoxy) is 1. The molecule has 0 saturated carbocycles. The zero-order valence-corrected chi connectivity index (χ0v) is 10.8. The second-order valence-corrected chi connectivity index (χ2v) is 4.51. The zero-order valence-electron chi connectivity index (χ0n) is 10.8. The molecule has 0 spiro atoms. The van der Waals surface area contributed by atoms with Crippen LogP contribution in [-0.4, -0.2) is 36.9 Å². The molecule has 18 heavy (non-hydrogen) atoms. The molecule has 0 radical (unpaired) electrons. The highest BCUT2D eigenvalue weighted by molar-refractivity contribution is 5.76. The van der Waals surface area contributed by atoms with Gasteiger partial charge in [-0.3, -0.25) is 4.79 Å². The molecule has 2 rings (SSSR count). The number of carbonyl (C=O) groups excluding carboxylic acids is 1. The van der Waals surface area contributed by atoms with Gasteiger partial charge in [-0.05, 0) is 13.8 Å². The lowest BCUT2D eigenvalue weighted by atomic mass is 10.1. The summed E-state index contributed by atoms with van der Waals surface area (Å²) in [6.45, 7) is 6.30. The van der Waals surface area contributed by atoms with Crippen molar-refractivity contribution in [2.75, 3.05) is 19.8 Å². The first-order valence-corrected chi connectivity index (χ1v) is 6.16. The molecule has 1 unspecified atom stereocenters. The third-order valence-electron chi connectivity index (χ3n) is 3.07. The Morgan fingerprint density at radius 2 is 2.39 bits per heavy atom. The van der Waals surface area contributed by atoms with E-state index in [0.29, 0.717) is 19.6 Å². The number of amides is 1.